The van der Waals surface area contributed by atoms with Gasteiger partial charge in [0.1, 0.15) is 0 Å². The van der Waals surface area contributed by atoms with Gasteiger partial charge in [-0.25, -0.2) is 9.69 Å². The minimum atomic E-state index is -0.231. The van der Waals surface area contributed by atoms with E-state index in [1.54, 1.807) is 40.9 Å². The second-order valence-corrected chi connectivity index (χ2v) is 7.93. The smallest absolute Gasteiger partial charge is 0.307 e. The molecule has 1 unspecified atom stereocenters. The molecule has 130 valence electrons. The number of nitrogens with one attached hydrogen (secondary N) is 1. The number of rotatable bonds is 2. The predicted octanol–water partition coefficient (Wildman–Crippen LogP) is 5.49. The summed E-state index contributed by atoms with van der Waals surface area (Å²) in [6, 6.07) is 12.8. The summed E-state index contributed by atoms with van der Waals surface area (Å²) < 4.78 is 0. The number of amidine groups is 1. The van der Waals surface area contributed by atoms with Gasteiger partial charge in [0.05, 0.1) is 12.2 Å². The van der Waals surface area contributed by atoms with Crippen molar-refractivity contribution in [1.29, 1.82) is 0 Å². The Hall–Kier alpha value is -1.98. The van der Waals surface area contributed by atoms with Crippen molar-refractivity contribution in [2.75, 3.05) is 16.8 Å². The molecule has 2 aromatic carbocycles. The Morgan fingerprint density at radius 2 is 1.92 bits per heavy atom. The number of nitrogens with zero attached hydrogens (tertiary/aromatic N) is 2. The monoisotopic (exact) mass is 373 g/mol. The Morgan fingerprint density at radius 3 is 2.52 bits per heavy atom. The van der Waals surface area contributed by atoms with Crippen LogP contribution in [0.5, 0.6) is 0 Å². The maximum absolute atomic E-state index is 13.0. The molecule has 1 heterocycles. The van der Waals surface area contributed by atoms with Gasteiger partial charge >= 0.3 is 6.03 Å². The highest BCUT2D eigenvalue weighted by atomic mass is 35.5. The Morgan fingerprint density at radius 1 is 1.20 bits per heavy atom. The summed E-state index contributed by atoms with van der Waals surface area (Å²) in [5, 5.41) is 4.65. The van der Waals surface area contributed by atoms with E-state index in [4.69, 9.17) is 11.6 Å². The molecule has 1 aliphatic heterocycles. The average Bonchev–Trinajstić information content (AvgIpc) is 2.99. The van der Waals surface area contributed by atoms with Gasteiger partial charge in [-0.15, -0.1) is 0 Å². The van der Waals surface area contributed by atoms with E-state index in [2.05, 4.69) is 24.2 Å². The maximum atomic E-state index is 13.0. The van der Waals surface area contributed by atoms with Crippen LogP contribution in [0.4, 0.5) is 16.2 Å². The normalized spacial score (nSPS) is 16.5. The van der Waals surface area contributed by atoms with Crippen molar-refractivity contribution in [3.05, 3.63) is 58.6 Å². The van der Waals surface area contributed by atoms with Crippen LogP contribution in [-0.4, -0.2) is 23.0 Å². The molecule has 0 saturated heterocycles. The number of hydrogen-bond donors (Lipinski definition) is 1. The van der Waals surface area contributed by atoms with E-state index in [9.17, 15) is 4.79 Å². The van der Waals surface area contributed by atoms with Gasteiger partial charge in [0, 0.05) is 16.0 Å². The third-order valence-electron chi connectivity index (χ3n) is 4.03. The number of carbonyl (C=O) groups is 1. The van der Waals surface area contributed by atoms with Gasteiger partial charge in [-0.3, -0.25) is 4.99 Å². The van der Waals surface area contributed by atoms with Gasteiger partial charge in [-0.1, -0.05) is 36.4 Å². The van der Waals surface area contributed by atoms with Crippen molar-refractivity contribution >= 4 is 45.9 Å². The van der Waals surface area contributed by atoms with Crippen molar-refractivity contribution in [3.63, 3.8) is 0 Å². The number of urea groups is 1. The lowest BCUT2D eigenvalue weighted by Crippen LogP contribution is -2.38. The van der Waals surface area contributed by atoms with E-state index in [1.165, 1.54) is 5.56 Å². The van der Waals surface area contributed by atoms with Crippen LogP contribution in [0.3, 0.4) is 0 Å². The van der Waals surface area contributed by atoms with Gasteiger partial charge in [-0.05, 0) is 61.4 Å². The minimum Gasteiger partial charge on any atom is -0.307 e. The summed E-state index contributed by atoms with van der Waals surface area (Å²) in [7, 11) is 0. The highest BCUT2D eigenvalue weighted by molar-refractivity contribution is 8.15. The molecule has 0 spiro atoms. The molecule has 2 aromatic rings. The fourth-order valence-electron chi connectivity index (χ4n) is 2.48. The van der Waals surface area contributed by atoms with Crippen LogP contribution in [0.25, 0.3) is 0 Å². The number of hydrogen-bond acceptors (Lipinski definition) is 3. The van der Waals surface area contributed by atoms with E-state index in [0.29, 0.717) is 16.0 Å². The fourth-order valence-corrected chi connectivity index (χ4v) is 3.55. The summed E-state index contributed by atoms with van der Waals surface area (Å²) in [6.07, 6.45) is 0. The summed E-state index contributed by atoms with van der Waals surface area (Å²) >= 11 is 7.53. The highest BCUT2D eigenvalue weighted by Crippen LogP contribution is 2.29. The second kappa shape index (κ2) is 7.50. The predicted molar refractivity (Wildman–Crippen MR) is 108 cm³/mol. The number of carbonyl (C=O) groups excluding carboxylic acids is 1. The highest BCUT2D eigenvalue weighted by Gasteiger charge is 2.27. The first-order chi connectivity index (χ1) is 11.9. The van der Waals surface area contributed by atoms with Gasteiger partial charge in [0.15, 0.2) is 5.17 Å². The molecule has 25 heavy (non-hydrogen) atoms. The zero-order valence-corrected chi connectivity index (χ0v) is 16.0. The second-order valence-electron chi connectivity index (χ2n) is 6.09. The van der Waals surface area contributed by atoms with Crippen molar-refractivity contribution in [3.8, 4) is 0 Å². The molecule has 0 radical (unpaired) electrons. The number of aryl methyl sites for hydroxylation is 2. The van der Waals surface area contributed by atoms with Crippen LogP contribution in [0.15, 0.2) is 47.5 Å². The minimum absolute atomic E-state index is 0.231. The van der Waals surface area contributed by atoms with E-state index < -0.39 is 0 Å². The molecule has 1 atom stereocenters. The SMILES string of the molecule is Cc1ccc(N(C(=O)Nc2ccc(Cl)cc2)C2=NCC(C)S2)cc1C. The molecule has 2 amide bonds. The van der Waals surface area contributed by atoms with Crippen molar-refractivity contribution < 1.29 is 4.79 Å². The number of amides is 2. The van der Waals surface area contributed by atoms with Gasteiger partial charge < -0.3 is 5.32 Å². The third kappa shape index (κ3) is 4.17. The molecule has 1 aliphatic rings. The summed E-state index contributed by atoms with van der Waals surface area (Å²) in [5.74, 6) is 0. The molecular formula is C19H20ClN3OS. The Bertz CT molecular complexity index is 820. The summed E-state index contributed by atoms with van der Waals surface area (Å²) in [4.78, 5) is 19.2. The number of thioether (sulfide) groups is 1. The first kappa shape index (κ1) is 17.8. The largest absolute Gasteiger partial charge is 0.332 e. The lowest BCUT2D eigenvalue weighted by molar-refractivity contribution is 0.259. The van der Waals surface area contributed by atoms with Gasteiger partial charge in [-0.2, -0.15) is 0 Å². The first-order valence-corrected chi connectivity index (χ1v) is 9.35. The molecule has 0 aromatic heterocycles. The quantitative estimate of drug-likeness (QED) is 0.756. The third-order valence-corrected chi connectivity index (χ3v) is 5.35. The molecule has 6 heteroatoms. The van der Waals surface area contributed by atoms with Crippen LogP contribution in [0, 0.1) is 13.8 Å². The van der Waals surface area contributed by atoms with Crippen molar-refractivity contribution in [1.82, 2.24) is 0 Å². The van der Waals surface area contributed by atoms with Crippen LogP contribution in [-0.2, 0) is 0 Å². The molecule has 0 saturated carbocycles. The fraction of sp³-hybridized carbons (Fsp3) is 0.263. The zero-order chi connectivity index (χ0) is 18.0. The van der Waals surface area contributed by atoms with Gasteiger partial charge in [0.25, 0.3) is 0 Å². The number of anilines is 2. The molecule has 0 aliphatic carbocycles. The average molecular weight is 374 g/mol. The van der Waals surface area contributed by atoms with E-state index in [1.807, 2.05) is 25.1 Å². The van der Waals surface area contributed by atoms with Gasteiger partial charge in [0.2, 0.25) is 0 Å². The Balaban J connectivity index is 1.91. The lowest BCUT2D eigenvalue weighted by Gasteiger charge is -2.23. The number of aliphatic imine (C=N–C) groups is 1. The van der Waals surface area contributed by atoms with Crippen LogP contribution < -0.4 is 10.2 Å². The molecule has 3 rings (SSSR count). The Kier molecular flexibility index (Phi) is 5.35. The summed E-state index contributed by atoms with van der Waals surface area (Å²) in [6.45, 7) is 6.92. The van der Waals surface area contributed by atoms with E-state index >= 15 is 0 Å². The molecule has 0 fully saturated rings. The lowest BCUT2D eigenvalue weighted by atomic mass is 10.1. The van der Waals surface area contributed by atoms with Crippen molar-refractivity contribution in [2.45, 2.75) is 26.0 Å². The van der Waals surface area contributed by atoms with Crippen molar-refractivity contribution in [2.24, 2.45) is 4.99 Å². The first-order valence-electron chi connectivity index (χ1n) is 8.09. The molecular weight excluding hydrogens is 354 g/mol. The number of benzene rings is 2. The van der Waals surface area contributed by atoms with Crippen LogP contribution >= 0.6 is 23.4 Å². The summed E-state index contributed by atoms with van der Waals surface area (Å²) in [5.41, 5.74) is 3.84. The molecule has 0 bridgehead atoms. The molecule has 4 nitrogen and oxygen atoms in total. The Labute approximate surface area is 157 Å². The van der Waals surface area contributed by atoms with E-state index in [0.717, 1.165) is 23.0 Å². The van der Waals surface area contributed by atoms with Crippen LogP contribution in [0.2, 0.25) is 5.02 Å². The molecule has 1 N–H and O–H groups in total. The topological polar surface area (TPSA) is 44.7 Å². The van der Waals surface area contributed by atoms with Crippen LogP contribution in [0.1, 0.15) is 18.1 Å². The zero-order valence-electron chi connectivity index (χ0n) is 14.4. The van der Waals surface area contributed by atoms with E-state index in [-0.39, 0.29) is 6.03 Å². The maximum Gasteiger partial charge on any atom is 0.332 e. The number of halogens is 1. The standard InChI is InChI=1S/C19H20ClN3OS/c1-12-4-9-17(10-13(12)2)23(19-21-11-14(3)25-19)18(24)22-16-7-5-15(20)6-8-16/h4-10,14H,11H2,1-3H3,(H,22,24).